The van der Waals surface area contributed by atoms with Crippen LogP contribution >= 0.6 is 0 Å². The smallest absolute Gasteiger partial charge is 0.238 e. The number of piperidine rings is 1. The Morgan fingerprint density at radius 2 is 2.08 bits per heavy atom. The minimum Gasteiger partial charge on any atom is -0.322 e. The number of hydrogen-bond donors (Lipinski definition) is 2. The quantitative estimate of drug-likeness (QED) is 0.841. The van der Waals surface area contributed by atoms with Crippen molar-refractivity contribution in [3.8, 4) is 0 Å². The SMILES string of the molecule is C[C@H](NCC(=O)Nc1ccccc1F)[C@H]1CCCN(C2CCC2)C1. The first-order chi connectivity index (χ1) is 11.6. The molecule has 3 rings (SSSR count). The van der Waals surface area contributed by atoms with Crippen LogP contribution in [0, 0.1) is 11.7 Å². The van der Waals surface area contributed by atoms with Gasteiger partial charge in [-0.3, -0.25) is 4.79 Å². The summed E-state index contributed by atoms with van der Waals surface area (Å²) in [6.45, 7) is 4.73. The normalized spacial score (nSPS) is 23.5. The van der Waals surface area contributed by atoms with E-state index in [1.54, 1.807) is 18.2 Å². The molecule has 2 aliphatic rings. The third-order valence-corrected chi connectivity index (χ3v) is 5.52. The predicted octanol–water partition coefficient (Wildman–Crippen LogP) is 3.01. The van der Waals surface area contributed by atoms with E-state index >= 15 is 0 Å². The van der Waals surface area contributed by atoms with Gasteiger partial charge in [0.1, 0.15) is 5.82 Å². The predicted molar refractivity (Wildman–Crippen MR) is 94.4 cm³/mol. The molecule has 24 heavy (non-hydrogen) atoms. The molecule has 1 heterocycles. The maximum atomic E-state index is 13.6. The van der Waals surface area contributed by atoms with Gasteiger partial charge in [-0.1, -0.05) is 18.6 Å². The fourth-order valence-electron chi connectivity index (χ4n) is 3.71. The molecule has 1 aliphatic carbocycles. The van der Waals surface area contributed by atoms with E-state index in [4.69, 9.17) is 0 Å². The van der Waals surface area contributed by atoms with E-state index in [9.17, 15) is 9.18 Å². The molecule has 1 saturated heterocycles. The highest BCUT2D eigenvalue weighted by molar-refractivity contribution is 5.92. The second-order valence-corrected chi connectivity index (χ2v) is 7.18. The molecule has 0 unspecified atom stereocenters. The van der Waals surface area contributed by atoms with Crippen LogP contribution in [0.2, 0.25) is 0 Å². The molecule has 0 spiro atoms. The third-order valence-electron chi connectivity index (χ3n) is 5.52. The van der Waals surface area contributed by atoms with Crippen molar-refractivity contribution in [2.24, 2.45) is 5.92 Å². The average Bonchev–Trinajstić information content (AvgIpc) is 2.53. The molecule has 4 nitrogen and oxygen atoms in total. The Balaban J connectivity index is 1.43. The maximum Gasteiger partial charge on any atom is 0.238 e. The standard InChI is InChI=1S/C19H28FN3O/c1-14(15-6-5-11-23(13-15)16-7-4-8-16)21-12-19(24)22-18-10-3-2-9-17(18)20/h2-3,9-10,14-16,21H,4-8,11-13H2,1H3,(H,22,24)/t14-,15-/m0/s1. The molecule has 0 aromatic heterocycles. The Morgan fingerprint density at radius 3 is 2.79 bits per heavy atom. The van der Waals surface area contributed by atoms with E-state index in [1.165, 1.54) is 44.7 Å². The molecule has 0 radical (unpaired) electrons. The summed E-state index contributed by atoms with van der Waals surface area (Å²) in [6, 6.07) is 7.34. The lowest BCUT2D eigenvalue weighted by Crippen LogP contribution is -2.50. The van der Waals surface area contributed by atoms with Gasteiger partial charge in [-0.25, -0.2) is 4.39 Å². The van der Waals surface area contributed by atoms with Crippen molar-refractivity contribution < 1.29 is 9.18 Å². The van der Waals surface area contributed by atoms with Gasteiger partial charge in [0.25, 0.3) is 0 Å². The second kappa shape index (κ2) is 8.08. The molecule has 1 aromatic carbocycles. The highest BCUT2D eigenvalue weighted by atomic mass is 19.1. The monoisotopic (exact) mass is 333 g/mol. The lowest BCUT2D eigenvalue weighted by Gasteiger charge is -2.44. The minimum atomic E-state index is -0.401. The van der Waals surface area contributed by atoms with E-state index in [1.807, 2.05) is 0 Å². The van der Waals surface area contributed by atoms with Crippen LogP contribution in [0.1, 0.15) is 39.0 Å². The van der Waals surface area contributed by atoms with Gasteiger partial charge in [-0.15, -0.1) is 0 Å². The van der Waals surface area contributed by atoms with Gasteiger partial charge in [0, 0.05) is 18.6 Å². The summed E-state index contributed by atoms with van der Waals surface area (Å²) in [4.78, 5) is 14.7. The van der Waals surface area contributed by atoms with Crippen LogP contribution in [-0.4, -0.2) is 42.5 Å². The fraction of sp³-hybridized carbons (Fsp3) is 0.632. The zero-order chi connectivity index (χ0) is 16.9. The van der Waals surface area contributed by atoms with Crippen LogP contribution < -0.4 is 10.6 Å². The van der Waals surface area contributed by atoms with Crippen molar-refractivity contribution in [2.45, 2.75) is 51.1 Å². The Hall–Kier alpha value is -1.46. The third kappa shape index (κ3) is 4.33. The number of rotatable bonds is 6. The minimum absolute atomic E-state index is 0.196. The summed E-state index contributed by atoms with van der Waals surface area (Å²) in [5.74, 6) is -0.0125. The number of likely N-dealkylation sites (tertiary alicyclic amines) is 1. The number of anilines is 1. The summed E-state index contributed by atoms with van der Waals surface area (Å²) in [5, 5.41) is 5.95. The van der Waals surface area contributed by atoms with Gasteiger partial charge in [0.15, 0.2) is 0 Å². The largest absolute Gasteiger partial charge is 0.322 e. The van der Waals surface area contributed by atoms with E-state index in [-0.39, 0.29) is 18.1 Å². The molecule has 0 bridgehead atoms. The van der Waals surface area contributed by atoms with E-state index in [0.717, 1.165) is 12.6 Å². The summed E-state index contributed by atoms with van der Waals surface area (Å²) >= 11 is 0. The molecule has 2 atom stereocenters. The van der Waals surface area contributed by atoms with Gasteiger partial charge in [0.05, 0.1) is 12.2 Å². The molecule has 1 saturated carbocycles. The Bertz CT molecular complexity index is 561. The Labute approximate surface area is 143 Å². The number of nitrogens with one attached hydrogen (secondary N) is 2. The second-order valence-electron chi connectivity index (χ2n) is 7.18. The average molecular weight is 333 g/mol. The lowest BCUT2D eigenvalue weighted by molar-refractivity contribution is -0.115. The Morgan fingerprint density at radius 1 is 1.29 bits per heavy atom. The maximum absolute atomic E-state index is 13.6. The van der Waals surface area contributed by atoms with Crippen LogP contribution in [-0.2, 0) is 4.79 Å². The number of halogens is 1. The molecule has 2 N–H and O–H groups in total. The van der Waals surface area contributed by atoms with Crippen molar-refractivity contribution in [3.63, 3.8) is 0 Å². The number of carbonyl (C=O) groups excluding carboxylic acids is 1. The summed E-state index contributed by atoms with van der Waals surface area (Å²) in [7, 11) is 0. The topological polar surface area (TPSA) is 44.4 Å². The van der Waals surface area contributed by atoms with Crippen molar-refractivity contribution in [1.29, 1.82) is 0 Å². The van der Waals surface area contributed by atoms with Crippen LogP contribution in [0.25, 0.3) is 0 Å². The van der Waals surface area contributed by atoms with Crippen LogP contribution in [0.3, 0.4) is 0 Å². The molecular formula is C19H28FN3O. The highest BCUT2D eigenvalue weighted by Crippen LogP contribution is 2.30. The summed E-state index contributed by atoms with van der Waals surface area (Å²) < 4.78 is 13.6. The van der Waals surface area contributed by atoms with Gasteiger partial charge in [-0.05, 0) is 57.2 Å². The van der Waals surface area contributed by atoms with E-state index in [0.29, 0.717) is 12.0 Å². The van der Waals surface area contributed by atoms with Crippen LogP contribution in [0.5, 0.6) is 0 Å². The molecule has 5 heteroatoms. The first-order valence-corrected chi connectivity index (χ1v) is 9.15. The number of nitrogens with zero attached hydrogens (tertiary/aromatic N) is 1. The van der Waals surface area contributed by atoms with Gasteiger partial charge < -0.3 is 15.5 Å². The molecule has 1 aliphatic heterocycles. The first-order valence-electron chi connectivity index (χ1n) is 9.15. The summed E-state index contributed by atoms with van der Waals surface area (Å²) in [6.07, 6.45) is 6.52. The number of carbonyl (C=O) groups is 1. The first kappa shape index (κ1) is 17.4. The fourth-order valence-corrected chi connectivity index (χ4v) is 3.71. The molecule has 132 valence electrons. The van der Waals surface area contributed by atoms with Crippen molar-refractivity contribution >= 4 is 11.6 Å². The van der Waals surface area contributed by atoms with Crippen molar-refractivity contribution in [1.82, 2.24) is 10.2 Å². The highest BCUT2D eigenvalue weighted by Gasteiger charge is 2.31. The van der Waals surface area contributed by atoms with E-state index in [2.05, 4.69) is 22.5 Å². The zero-order valence-corrected chi connectivity index (χ0v) is 14.4. The molecule has 2 fully saturated rings. The van der Waals surface area contributed by atoms with Crippen LogP contribution in [0.4, 0.5) is 10.1 Å². The van der Waals surface area contributed by atoms with Gasteiger partial charge in [0.2, 0.25) is 5.91 Å². The zero-order valence-electron chi connectivity index (χ0n) is 14.4. The van der Waals surface area contributed by atoms with Crippen molar-refractivity contribution in [3.05, 3.63) is 30.1 Å². The molecular weight excluding hydrogens is 305 g/mol. The summed E-state index contributed by atoms with van der Waals surface area (Å²) in [5.41, 5.74) is 0.241. The number of para-hydroxylation sites is 1. The van der Waals surface area contributed by atoms with Gasteiger partial charge in [-0.2, -0.15) is 0 Å². The Kier molecular flexibility index (Phi) is 5.85. The molecule has 1 aromatic rings. The number of amides is 1. The number of hydrogen-bond acceptors (Lipinski definition) is 3. The molecule has 1 amide bonds. The van der Waals surface area contributed by atoms with E-state index < -0.39 is 5.82 Å². The lowest BCUT2D eigenvalue weighted by atomic mass is 9.85. The number of benzene rings is 1. The van der Waals surface area contributed by atoms with Crippen LogP contribution in [0.15, 0.2) is 24.3 Å². The van der Waals surface area contributed by atoms with Crippen molar-refractivity contribution in [2.75, 3.05) is 25.0 Å². The van der Waals surface area contributed by atoms with Gasteiger partial charge >= 0.3 is 0 Å².